The van der Waals surface area contributed by atoms with Gasteiger partial charge in [-0.25, -0.2) is 0 Å². The lowest BCUT2D eigenvalue weighted by atomic mass is 10.1. The summed E-state index contributed by atoms with van der Waals surface area (Å²) in [5.74, 6) is -0.128. The number of anilines is 2. The van der Waals surface area contributed by atoms with Crippen molar-refractivity contribution in [3.8, 4) is 0 Å². The second-order valence-electron chi connectivity index (χ2n) is 5.11. The summed E-state index contributed by atoms with van der Waals surface area (Å²) in [6.45, 7) is 2.31. The van der Waals surface area contributed by atoms with E-state index in [0.29, 0.717) is 23.7 Å². The number of fused-ring (bicyclic) bond motifs is 1. The molecule has 0 radical (unpaired) electrons. The Kier molecular flexibility index (Phi) is 3.86. The lowest BCUT2D eigenvalue weighted by Gasteiger charge is -2.17. The Bertz CT molecular complexity index is 758. The lowest BCUT2D eigenvalue weighted by Crippen LogP contribution is -2.23. The number of hydrogen-bond donors (Lipinski definition) is 1. The molecule has 1 heterocycles. The maximum Gasteiger partial charge on any atom is 0.258 e. The molecule has 0 spiro atoms. The predicted octanol–water partition coefficient (Wildman–Crippen LogP) is 3.85. The van der Waals surface area contributed by atoms with Crippen LogP contribution in [0.5, 0.6) is 0 Å². The summed E-state index contributed by atoms with van der Waals surface area (Å²) in [5, 5.41) is 3.15. The molecule has 0 fully saturated rings. The summed E-state index contributed by atoms with van der Waals surface area (Å²) < 4.78 is 0. The van der Waals surface area contributed by atoms with Gasteiger partial charge in [-0.15, -0.1) is 0 Å². The number of carbonyl (C=O) groups excluding carboxylic acids is 2. The third kappa shape index (κ3) is 2.57. The number of rotatable bonds is 3. The van der Waals surface area contributed by atoms with E-state index in [2.05, 4.69) is 5.32 Å². The summed E-state index contributed by atoms with van der Waals surface area (Å²) in [7, 11) is 0. The Hall–Kier alpha value is -2.33. The first-order valence-corrected chi connectivity index (χ1v) is 7.47. The van der Waals surface area contributed by atoms with Crippen LogP contribution in [0.3, 0.4) is 0 Å². The highest BCUT2D eigenvalue weighted by Crippen LogP contribution is 2.32. The minimum atomic E-state index is -0.0979. The van der Waals surface area contributed by atoms with E-state index >= 15 is 0 Å². The molecule has 2 aromatic rings. The molecule has 0 unspecified atom stereocenters. The van der Waals surface area contributed by atoms with Crippen molar-refractivity contribution < 1.29 is 9.59 Å². The molecule has 4 nitrogen and oxygen atoms in total. The Morgan fingerprint density at radius 2 is 2.05 bits per heavy atom. The molecule has 0 saturated carbocycles. The summed E-state index contributed by atoms with van der Waals surface area (Å²) in [6.07, 6.45) is 0.387. The Labute approximate surface area is 133 Å². The first-order valence-electron chi connectivity index (χ1n) is 7.09. The van der Waals surface area contributed by atoms with Gasteiger partial charge in [0, 0.05) is 17.7 Å². The number of carbonyl (C=O) groups is 2. The normalized spacial score (nSPS) is 13.2. The Morgan fingerprint density at radius 3 is 2.73 bits per heavy atom. The van der Waals surface area contributed by atoms with Crippen molar-refractivity contribution in [1.82, 2.24) is 0 Å². The molecule has 0 aliphatic carbocycles. The van der Waals surface area contributed by atoms with Gasteiger partial charge in [-0.2, -0.15) is 0 Å². The third-order valence-corrected chi connectivity index (χ3v) is 3.99. The average molecular weight is 315 g/mol. The molecular formula is C17H15ClN2O2. The summed E-state index contributed by atoms with van der Waals surface area (Å²) in [6, 6.07) is 12.8. The maximum atomic E-state index is 12.4. The fraction of sp³-hybridized carbons (Fsp3) is 0.176. The smallest absolute Gasteiger partial charge is 0.258 e. The molecule has 0 atom stereocenters. The molecule has 3 rings (SSSR count). The van der Waals surface area contributed by atoms with Gasteiger partial charge >= 0.3 is 0 Å². The molecule has 5 heteroatoms. The van der Waals surface area contributed by atoms with E-state index in [-0.39, 0.29) is 11.8 Å². The van der Waals surface area contributed by atoms with Crippen molar-refractivity contribution in [2.24, 2.45) is 0 Å². The van der Waals surface area contributed by atoms with Crippen LogP contribution in [0.4, 0.5) is 11.4 Å². The monoisotopic (exact) mass is 314 g/mol. The summed E-state index contributed by atoms with van der Waals surface area (Å²) in [5.41, 5.74) is 3.01. The lowest BCUT2D eigenvalue weighted by molar-refractivity contribution is -0.115. The number of hydrogen-bond acceptors (Lipinski definition) is 2. The van der Waals surface area contributed by atoms with Gasteiger partial charge < -0.3 is 10.2 Å². The van der Waals surface area contributed by atoms with E-state index < -0.39 is 0 Å². The molecule has 2 aromatic carbocycles. The van der Waals surface area contributed by atoms with Crippen LogP contribution >= 0.6 is 11.6 Å². The van der Waals surface area contributed by atoms with Gasteiger partial charge in [0.25, 0.3) is 5.91 Å². The Morgan fingerprint density at radius 1 is 1.27 bits per heavy atom. The van der Waals surface area contributed by atoms with Crippen molar-refractivity contribution in [3.63, 3.8) is 0 Å². The topological polar surface area (TPSA) is 49.4 Å². The van der Waals surface area contributed by atoms with Gasteiger partial charge in [-0.1, -0.05) is 36.7 Å². The minimum Gasteiger partial charge on any atom is -0.325 e. The van der Waals surface area contributed by atoms with E-state index in [1.165, 1.54) is 0 Å². The zero-order valence-electron chi connectivity index (χ0n) is 12.1. The fourth-order valence-corrected chi connectivity index (χ4v) is 2.70. The molecular weight excluding hydrogens is 300 g/mol. The Balaban J connectivity index is 1.87. The first kappa shape index (κ1) is 14.6. The van der Waals surface area contributed by atoms with Gasteiger partial charge in [-0.3, -0.25) is 9.59 Å². The van der Waals surface area contributed by atoms with Crippen LogP contribution in [-0.4, -0.2) is 11.8 Å². The van der Waals surface area contributed by atoms with Gasteiger partial charge in [0.15, 0.2) is 0 Å². The van der Waals surface area contributed by atoms with E-state index in [1.807, 2.05) is 24.3 Å². The van der Waals surface area contributed by atoms with Gasteiger partial charge in [0.1, 0.15) is 0 Å². The highest BCUT2D eigenvalue weighted by molar-refractivity contribution is 6.34. The average Bonchev–Trinajstić information content (AvgIpc) is 2.86. The van der Waals surface area contributed by atoms with Crippen LogP contribution in [0.2, 0.25) is 5.02 Å². The second-order valence-corrected chi connectivity index (χ2v) is 5.52. The standard InChI is InChI=1S/C17H15ClN2O2/c1-2-16(21)19-15-8-7-12(9-14(15)18)20-10-11-5-3-4-6-13(11)17(20)22/h3-9H,2,10H2,1H3,(H,19,21). The van der Waals surface area contributed by atoms with E-state index in [4.69, 9.17) is 11.6 Å². The largest absolute Gasteiger partial charge is 0.325 e. The highest BCUT2D eigenvalue weighted by Gasteiger charge is 2.28. The van der Waals surface area contributed by atoms with Crippen LogP contribution < -0.4 is 10.2 Å². The minimum absolute atomic E-state index is 0.0305. The van der Waals surface area contributed by atoms with Gasteiger partial charge in [-0.05, 0) is 29.8 Å². The van der Waals surface area contributed by atoms with Gasteiger partial charge in [0.2, 0.25) is 5.91 Å². The predicted molar refractivity (Wildman–Crippen MR) is 87.3 cm³/mol. The number of nitrogens with zero attached hydrogens (tertiary/aromatic N) is 1. The van der Waals surface area contributed by atoms with Crippen molar-refractivity contribution in [3.05, 3.63) is 58.6 Å². The van der Waals surface area contributed by atoms with Crippen molar-refractivity contribution >= 4 is 34.8 Å². The fourth-order valence-electron chi connectivity index (χ4n) is 2.47. The molecule has 2 amide bonds. The zero-order chi connectivity index (χ0) is 15.7. The number of benzene rings is 2. The van der Waals surface area contributed by atoms with Gasteiger partial charge in [0.05, 0.1) is 17.3 Å². The van der Waals surface area contributed by atoms with Crippen molar-refractivity contribution in [2.75, 3.05) is 10.2 Å². The summed E-state index contributed by atoms with van der Waals surface area (Å²) in [4.78, 5) is 25.6. The molecule has 1 aliphatic rings. The molecule has 22 heavy (non-hydrogen) atoms. The second kappa shape index (κ2) is 5.81. The van der Waals surface area contributed by atoms with E-state index in [0.717, 1.165) is 16.8 Å². The summed E-state index contributed by atoms with van der Waals surface area (Å²) >= 11 is 6.22. The van der Waals surface area contributed by atoms with Crippen LogP contribution in [0.15, 0.2) is 42.5 Å². The molecule has 0 bridgehead atoms. The van der Waals surface area contributed by atoms with Crippen LogP contribution in [-0.2, 0) is 11.3 Å². The zero-order valence-corrected chi connectivity index (χ0v) is 12.9. The maximum absolute atomic E-state index is 12.4. The number of amides is 2. The molecule has 0 saturated heterocycles. The van der Waals surface area contributed by atoms with Crippen LogP contribution in [0.25, 0.3) is 0 Å². The first-order chi connectivity index (χ1) is 10.6. The van der Waals surface area contributed by atoms with Crippen molar-refractivity contribution in [1.29, 1.82) is 0 Å². The van der Waals surface area contributed by atoms with Crippen LogP contribution in [0.1, 0.15) is 29.3 Å². The molecule has 1 N–H and O–H groups in total. The highest BCUT2D eigenvalue weighted by atomic mass is 35.5. The quantitative estimate of drug-likeness (QED) is 0.935. The molecule has 0 aromatic heterocycles. The molecule has 1 aliphatic heterocycles. The van der Waals surface area contributed by atoms with Crippen molar-refractivity contribution in [2.45, 2.75) is 19.9 Å². The SMILES string of the molecule is CCC(=O)Nc1ccc(N2Cc3ccccc3C2=O)cc1Cl. The number of nitrogens with one attached hydrogen (secondary N) is 1. The molecule has 112 valence electrons. The van der Waals surface area contributed by atoms with E-state index in [1.54, 1.807) is 30.0 Å². The van der Waals surface area contributed by atoms with Crippen LogP contribution in [0, 0.1) is 0 Å². The third-order valence-electron chi connectivity index (χ3n) is 3.68. The van der Waals surface area contributed by atoms with E-state index in [9.17, 15) is 9.59 Å². The number of halogens is 1.